The van der Waals surface area contributed by atoms with E-state index in [1.165, 1.54) is 39.7 Å². The summed E-state index contributed by atoms with van der Waals surface area (Å²) in [6.07, 6.45) is 4.92. The number of fused-ring (bicyclic) bond motifs is 1. The van der Waals surface area contributed by atoms with Gasteiger partial charge in [0.1, 0.15) is 12.6 Å². The predicted octanol–water partition coefficient (Wildman–Crippen LogP) is 4.80. The lowest BCUT2D eigenvalue weighted by Gasteiger charge is -2.36. The third-order valence-corrected chi connectivity index (χ3v) is 12.7. The monoisotopic (exact) mass is 768 g/mol. The van der Waals surface area contributed by atoms with Gasteiger partial charge in [-0.3, -0.25) is 19.5 Å². The second-order valence-electron chi connectivity index (χ2n) is 14.5. The number of benzene rings is 3. The van der Waals surface area contributed by atoms with Crippen LogP contribution in [0.25, 0.3) is 10.9 Å². The van der Waals surface area contributed by atoms with Gasteiger partial charge in [-0.25, -0.2) is 13.2 Å². The molecule has 4 atom stereocenters. The van der Waals surface area contributed by atoms with E-state index in [4.69, 9.17) is 5.21 Å². The normalized spacial score (nSPS) is 17.5. The van der Waals surface area contributed by atoms with E-state index in [1.807, 2.05) is 68.4 Å². The molecule has 2 heterocycles. The Balaban J connectivity index is 1.25. The number of carbonyl (C=O) groups excluding carboxylic acids is 3. The fourth-order valence-corrected chi connectivity index (χ4v) is 8.79. The molecule has 1 saturated heterocycles. The SMILES string of the molecule is CC[C@H](C)[C@@H](C(=O)N[C@@H](Cc1ccccc1)[C@H](O)CN(CC1CCC1)S(=O)(=O)c1ccc(/C=N/O)cc1)N1CC(=O)N(Cc2ccnc3ccccc23)C1=O. The molecule has 1 aromatic heterocycles. The van der Waals surface area contributed by atoms with Gasteiger partial charge in [0.15, 0.2) is 0 Å². The van der Waals surface area contributed by atoms with Crippen LogP contribution < -0.4 is 5.32 Å². The Kier molecular flexibility index (Phi) is 12.6. The Labute approximate surface area is 321 Å². The Bertz CT molecular complexity index is 2110. The Morgan fingerprint density at radius 1 is 1.04 bits per heavy atom. The number of oxime groups is 1. The second-order valence-corrected chi connectivity index (χ2v) is 16.5. The number of pyridine rings is 1. The third-order valence-electron chi connectivity index (χ3n) is 10.8. The molecule has 4 amide bonds. The number of rotatable bonds is 17. The van der Waals surface area contributed by atoms with Gasteiger partial charge in [0.2, 0.25) is 15.9 Å². The number of hydrogen-bond acceptors (Lipinski definition) is 9. The van der Waals surface area contributed by atoms with Crippen LogP contribution in [-0.2, 0) is 32.6 Å². The molecular weight excluding hydrogens is 721 g/mol. The van der Waals surface area contributed by atoms with Gasteiger partial charge in [-0.1, -0.05) is 92.5 Å². The first-order valence-electron chi connectivity index (χ1n) is 18.7. The average molecular weight is 769 g/mol. The highest BCUT2D eigenvalue weighted by Gasteiger charge is 2.45. The number of imide groups is 1. The van der Waals surface area contributed by atoms with E-state index in [1.54, 1.807) is 12.3 Å². The maximum Gasteiger partial charge on any atom is 0.328 e. The van der Waals surface area contributed by atoms with Gasteiger partial charge in [-0.15, -0.1) is 0 Å². The molecule has 2 aliphatic rings. The van der Waals surface area contributed by atoms with Crippen LogP contribution in [0.1, 0.15) is 56.2 Å². The summed E-state index contributed by atoms with van der Waals surface area (Å²) < 4.78 is 29.5. The van der Waals surface area contributed by atoms with Crippen molar-refractivity contribution in [1.29, 1.82) is 0 Å². The second kappa shape index (κ2) is 17.5. The highest BCUT2D eigenvalue weighted by Crippen LogP contribution is 2.30. The van der Waals surface area contributed by atoms with E-state index >= 15 is 0 Å². The smallest absolute Gasteiger partial charge is 0.328 e. The zero-order chi connectivity index (χ0) is 39.1. The highest BCUT2D eigenvalue weighted by molar-refractivity contribution is 7.89. The summed E-state index contributed by atoms with van der Waals surface area (Å²) in [6.45, 7) is 3.38. The summed E-state index contributed by atoms with van der Waals surface area (Å²) in [4.78, 5) is 48.8. The Morgan fingerprint density at radius 3 is 2.42 bits per heavy atom. The maximum absolute atomic E-state index is 14.4. The van der Waals surface area contributed by atoms with Gasteiger partial charge >= 0.3 is 6.03 Å². The summed E-state index contributed by atoms with van der Waals surface area (Å²) in [5.74, 6) is -1.20. The lowest BCUT2D eigenvalue weighted by atomic mass is 9.85. The minimum absolute atomic E-state index is 0.0183. The van der Waals surface area contributed by atoms with Gasteiger partial charge in [-0.2, -0.15) is 4.31 Å². The van der Waals surface area contributed by atoms with E-state index in [9.17, 15) is 27.9 Å². The van der Waals surface area contributed by atoms with E-state index in [0.29, 0.717) is 12.0 Å². The molecular formula is C41H48N6O7S. The molecule has 6 rings (SSSR count). The molecule has 1 saturated carbocycles. The van der Waals surface area contributed by atoms with Crippen molar-refractivity contribution >= 4 is 45.0 Å². The topological polar surface area (TPSA) is 173 Å². The van der Waals surface area contributed by atoms with Gasteiger partial charge in [-0.05, 0) is 72.1 Å². The number of nitrogens with one attached hydrogen (secondary N) is 1. The lowest BCUT2D eigenvalue weighted by molar-refractivity contribution is -0.129. The number of urea groups is 1. The fraction of sp³-hybridized carbons (Fsp3) is 0.390. The van der Waals surface area contributed by atoms with Crippen LogP contribution in [0.2, 0.25) is 0 Å². The Morgan fingerprint density at radius 2 is 1.75 bits per heavy atom. The van der Waals surface area contributed by atoms with Crippen LogP contribution in [0.5, 0.6) is 0 Å². The number of para-hydroxylation sites is 1. The van der Waals surface area contributed by atoms with Crippen molar-refractivity contribution in [3.05, 3.63) is 108 Å². The average Bonchev–Trinajstić information content (AvgIpc) is 3.44. The van der Waals surface area contributed by atoms with E-state index in [0.717, 1.165) is 46.2 Å². The number of amides is 4. The summed E-state index contributed by atoms with van der Waals surface area (Å²) in [5, 5.41) is 27.7. The van der Waals surface area contributed by atoms with E-state index < -0.39 is 46.1 Å². The molecule has 13 nitrogen and oxygen atoms in total. The standard InChI is InChI=1S/C41H48N6O7S/c1-3-28(2)39(47-27-38(49)46(41(47)51)25-32-20-21-42-35-15-8-7-14-34(32)35)40(50)44-36(22-29-10-5-4-6-11-29)37(48)26-45(24-31-12-9-13-31)55(53,54)33-18-16-30(17-19-33)23-43-52/h4-8,10-11,14-21,23,28,31,36-37,39,48,52H,3,9,12-13,22,24-27H2,1-2H3,(H,44,50)/b43-23+/t28-,36-,37+,39-/m0/s1. The maximum atomic E-state index is 14.4. The van der Waals surface area contributed by atoms with E-state index in [-0.39, 0.29) is 49.3 Å². The number of carbonyl (C=O) groups is 3. The first kappa shape index (κ1) is 39.5. The van der Waals surface area contributed by atoms with Crippen molar-refractivity contribution < 1.29 is 33.1 Å². The van der Waals surface area contributed by atoms with Crippen LogP contribution in [0.15, 0.2) is 101 Å². The van der Waals surface area contributed by atoms with E-state index in [2.05, 4.69) is 15.5 Å². The van der Waals surface area contributed by atoms with Crippen LogP contribution in [0.4, 0.5) is 4.79 Å². The molecule has 0 spiro atoms. The zero-order valence-corrected chi connectivity index (χ0v) is 31.9. The molecule has 0 bridgehead atoms. The fourth-order valence-electron chi connectivity index (χ4n) is 7.26. The molecule has 2 fully saturated rings. The third kappa shape index (κ3) is 9.04. The van der Waals surface area contributed by atoms with Crippen molar-refractivity contribution in [2.75, 3.05) is 19.6 Å². The molecule has 1 aliphatic carbocycles. The molecule has 3 aromatic carbocycles. The number of nitrogens with zero attached hydrogens (tertiary/aromatic N) is 5. The molecule has 290 valence electrons. The summed E-state index contributed by atoms with van der Waals surface area (Å²) in [7, 11) is -4.09. The zero-order valence-electron chi connectivity index (χ0n) is 31.1. The molecule has 0 unspecified atom stereocenters. The number of aliphatic hydroxyl groups excluding tert-OH is 1. The highest BCUT2D eigenvalue weighted by atomic mass is 32.2. The molecule has 3 N–H and O–H groups in total. The van der Waals surface area contributed by atoms with Gasteiger partial charge in [0.25, 0.3) is 5.91 Å². The van der Waals surface area contributed by atoms with Crippen LogP contribution >= 0.6 is 0 Å². The molecule has 55 heavy (non-hydrogen) atoms. The number of aromatic nitrogens is 1. The summed E-state index contributed by atoms with van der Waals surface area (Å²) in [5.41, 5.74) is 2.81. The van der Waals surface area contributed by atoms with Gasteiger partial charge in [0, 0.05) is 24.7 Å². The quantitative estimate of drug-likeness (QED) is 0.0595. The Hall–Kier alpha value is -5.18. The van der Waals surface area contributed by atoms with Crippen molar-refractivity contribution in [2.24, 2.45) is 17.0 Å². The first-order valence-corrected chi connectivity index (χ1v) is 20.2. The molecule has 0 radical (unpaired) electrons. The van der Waals surface area contributed by atoms with Crippen LogP contribution in [0.3, 0.4) is 0 Å². The number of aliphatic hydroxyl groups is 1. The minimum atomic E-state index is -4.09. The van der Waals surface area contributed by atoms with Gasteiger partial charge in [0.05, 0.1) is 35.3 Å². The number of hydrogen-bond donors (Lipinski definition) is 3. The summed E-state index contributed by atoms with van der Waals surface area (Å²) >= 11 is 0. The van der Waals surface area contributed by atoms with Crippen LogP contribution in [0, 0.1) is 11.8 Å². The van der Waals surface area contributed by atoms with Crippen molar-refractivity contribution in [2.45, 2.75) is 75.6 Å². The lowest BCUT2D eigenvalue weighted by Crippen LogP contribution is -2.57. The number of sulfonamides is 1. The molecule has 4 aromatic rings. The largest absolute Gasteiger partial charge is 0.411 e. The minimum Gasteiger partial charge on any atom is -0.411 e. The van der Waals surface area contributed by atoms with Crippen molar-refractivity contribution in [1.82, 2.24) is 24.4 Å². The predicted molar refractivity (Wildman–Crippen MR) is 208 cm³/mol. The van der Waals surface area contributed by atoms with Crippen LogP contribution in [-0.4, -0.2) is 99.7 Å². The first-order chi connectivity index (χ1) is 26.5. The summed E-state index contributed by atoms with van der Waals surface area (Å²) in [6, 6.07) is 21.9. The van der Waals surface area contributed by atoms with Crippen molar-refractivity contribution in [3.63, 3.8) is 0 Å². The van der Waals surface area contributed by atoms with Crippen molar-refractivity contribution in [3.8, 4) is 0 Å². The van der Waals surface area contributed by atoms with Gasteiger partial charge < -0.3 is 20.5 Å². The molecule has 14 heteroatoms. The molecule has 1 aliphatic heterocycles.